The largest absolute Gasteiger partial charge is 0.350 e. The number of nitrogens with zero attached hydrogens (tertiary/aromatic N) is 2. The monoisotopic (exact) mass is 383 g/mol. The Morgan fingerprint density at radius 1 is 1.00 bits per heavy atom. The van der Waals surface area contributed by atoms with Crippen LogP contribution in [0.4, 0.5) is 0 Å². The van der Waals surface area contributed by atoms with E-state index in [1.165, 1.54) is 5.56 Å². The van der Waals surface area contributed by atoms with Crippen molar-refractivity contribution in [1.82, 2.24) is 14.7 Å². The number of aryl methyl sites for hydroxylation is 1. The van der Waals surface area contributed by atoms with Gasteiger partial charge >= 0.3 is 0 Å². The third-order valence-corrected chi connectivity index (χ3v) is 5.43. The summed E-state index contributed by atoms with van der Waals surface area (Å²) in [6, 6.07) is 24.2. The molecule has 1 N–H and O–H groups in total. The van der Waals surface area contributed by atoms with Crippen molar-refractivity contribution in [2.75, 3.05) is 0 Å². The van der Waals surface area contributed by atoms with E-state index >= 15 is 0 Å². The molecule has 4 heteroatoms. The number of benzene rings is 2. The van der Waals surface area contributed by atoms with Gasteiger partial charge in [0.15, 0.2) is 0 Å². The molecule has 0 saturated carbocycles. The number of pyridine rings is 1. The van der Waals surface area contributed by atoms with E-state index in [4.69, 9.17) is 0 Å². The van der Waals surface area contributed by atoms with Crippen LogP contribution in [0, 0.1) is 6.92 Å². The SMILES string of the molecule is Cc1ccccc1C(CC(=O)NC(C)c1ccccc1)c1cnc2ccccn12. The van der Waals surface area contributed by atoms with Gasteiger partial charge in [0.05, 0.1) is 11.7 Å². The average Bonchev–Trinajstić information content (AvgIpc) is 3.17. The number of rotatable bonds is 6. The van der Waals surface area contributed by atoms with Crippen molar-refractivity contribution < 1.29 is 4.79 Å². The fourth-order valence-electron chi connectivity index (χ4n) is 3.87. The molecule has 0 aliphatic rings. The van der Waals surface area contributed by atoms with Crippen LogP contribution in [0.2, 0.25) is 0 Å². The minimum Gasteiger partial charge on any atom is -0.350 e. The quantitative estimate of drug-likeness (QED) is 0.507. The first kappa shape index (κ1) is 18.9. The van der Waals surface area contributed by atoms with Gasteiger partial charge in [0.25, 0.3) is 0 Å². The average molecular weight is 383 g/mol. The summed E-state index contributed by atoms with van der Waals surface area (Å²) in [7, 11) is 0. The molecule has 0 aliphatic heterocycles. The second-order valence-corrected chi connectivity index (χ2v) is 7.43. The lowest BCUT2D eigenvalue weighted by Crippen LogP contribution is -2.28. The summed E-state index contributed by atoms with van der Waals surface area (Å²) >= 11 is 0. The fraction of sp³-hybridized carbons (Fsp3) is 0.200. The second kappa shape index (κ2) is 8.31. The molecule has 0 aliphatic carbocycles. The van der Waals surface area contributed by atoms with Crippen LogP contribution in [0.25, 0.3) is 5.65 Å². The van der Waals surface area contributed by atoms with Crippen LogP contribution in [0.1, 0.15) is 47.7 Å². The van der Waals surface area contributed by atoms with E-state index in [2.05, 4.69) is 33.8 Å². The summed E-state index contributed by atoms with van der Waals surface area (Å²) in [5.41, 5.74) is 5.34. The van der Waals surface area contributed by atoms with Crippen LogP contribution < -0.4 is 5.32 Å². The van der Waals surface area contributed by atoms with Gasteiger partial charge in [-0.2, -0.15) is 0 Å². The molecule has 2 atom stereocenters. The van der Waals surface area contributed by atoms with Crippen molar-refractivity contribution in [3.05, 3.63) is 108 Å². The lowest BCUT2D eigenvalue weighted by molar-refractivity contribution is -0.122. The predicted molar refractivity (Wildman–Crippen MR) is 116 cm³/mol. The molecule has 0 radical (unpaired) electrons. The standard InChI is InChI=1S/C25H25N3O/c1-18-10-6-7-13-21(18)22(23-17-26-24-14-8-9-15-28(23)24)16-25(29)27-19(2)20-11-4-3-5-12-20/h3-15,17,19,22H,16H2,1-2H3,(H,27,29). The zero-order chi connectivity index (χ0) is 20.2. The van der Waals surface area contributed by atoms with Crippen LogP contribution >= 0.6 is 0 Å². The Morgan fingerprint density at radius 2 is 1.72 bits per heavy atom. The molecule has 0 saturated heterocycles. The maximum atomic E-state index is 13.0. The maximum absolute atomic E-state index is 13.0. The highest BCUT2D eigenvalue weighted by molar-refractivity contribution is 5.78. The summed E-state index contributed by atoms with van der Waals surface area (Å²) in [5.74, 6) is -0.0444. The van der Waals surface area contributed by atoms with Crippen molar-refractivity contribution in [2.24, 2.45) is 0 Å². The van der Waals surface area contributed by atoms with E-state index in [1.54, 1.807) is 0 Å². The zero-order valence-corrected chi connectivity index (χ0v) is 16.7. The van der Waals surface area contributed by atoms with Crippen LogP contribution in [0.3, 0.4) is 0 Å². The molecule has 2 aromatic heterocycles. The number of fused-ring (bicyclic) bond motifs is 1. The van der Waals surface area contributed by atoms with E-state index in [9.17, 15) is 4.79 Å². The molecular weight excluding hydrogens is 358 g/mol. The van der Waals surface area contributed by atoms with E-state index < -0.39 is 0 Å². The molecule has 0 spiro atoms. The summed E-state index contributed by atoms with van der Waals surface area (Å²) < 4.78 is 2.07. The van der Waals surface area contributed by atoms with Crippen molar-refractivity contribution in [1.29, 1.82) is 0 Å². The van der Waals surface area contributed by atoms with Gasteiger partial charge in [0.1, 0.15) is 5.65 Å². The van der Waals surface area contributed by atoms with Gasteiger partial charge < -0.3 is 9.72 Å². The molecule has 146 valence electrons. The number of amides is 1. The number of hydrogen-bond donors (Lipinski definition) is 1. The number of hydrogen-bond acceptors (Lipinski definition) is 2. The Bertz CT molecular complexity index is 1120. The first-order chi connectivity index (χ1) is 14.1. The third-order valence-electron chi connectivity index (χ3n) is 5.43. The van der Waals surface area contributed by atoms with Gasteiger partial charge in [0.2, 0.25) is 5.91 Å². The Balaban J connectivity index is 1.64. The molecule has 0 fully saturated rings. The van der Waals surface area contributed by atoms with Crippen LogP contribution in [0.15, 0.2) is 85.2 Å². The van der Waals surface area contributed by atoms with Gasteiger partial charge in [-0.05, 0) is 42.7 Å². The first-order valence-electron chi connectivity index (χ1n) is 9.95. The highest BCUT2D eigenvalue weighted by atomic mass is 16.1. The number of imidazole rings is 1. The Hall–Kier alpha value is -3.40. The lowest BCUT2D eigenvalue weighted by atomic mass is 9.89. The minimum absolute atomic E-state index is 0.0282. The summed E-state index contributed by atoms with van der Waals surface area (Å²) in [6.45, 7) is 4.11. The molecule has 1 amide bonds. The molecular formula is C25H25N3O. The first-order valence-corrected chi connectivity index (χ1v) is 9.95. The molecule has 4 aromatic rings. The highest BCUT2D eigenvalue weighted by Gasteiger charge is 2.24. The Kier molecular flexibility index (Phi) is 5.43. The smallest absolute Gasteiger partial charge is 0.221 e. The number of carbonyl (C=O) groups excluding carboxylic acids is 1. The van der Waals surface area contributed by atoms with E-state index in [0.717, 1.165) is 22.5 Å². The lowest BCUT2D eigenvalue weighted by Gasteiger charge is -2.21. The minimum atomic E-state index is -0.0726. The third kappa shape index (κ3) is 4.06. The molecule has 2 heterocycles. The Labute approximate surface area is 171 Å². The van der Waals surface area contributed by atoms with Crippen LogP contribution in [-0.2, 0) is 4.79 Å². The topological polar surface area (TPSA) is 46.4 Å². The predicted octanol–water partition coefficient (Wildman–Crippen LogP) is 5.04. The van der Waals surface area contributed by atoms with E-state index in [1.807, 2.05) is 80.0 Å². The van der Waals surface area contributed by atoms with Gasteiger partial charge in [0, 0.05) is 24.7 Å². The zero-order valence-electron chi connectivity index (χ0n) is 16.7. The van der Waals surface area contributed by atoms with Crippen molar-refractivity contribution >= 4 is 11.6 Å². The summed E-state index contributed by atoms with van der Waals surface area (Å²) in [6.07, 6.45) is 4.26. The van der Waals surface area contributed by atoms with E-state index in [0.29, 0.717) is 6.42 Å². The Morgan fingerprint density at radius 3 is 2.52 bits per heavy atom. The van der Waals surface area contributed by atoms with Gasteiger partial charge in [-0.1, -0.05) is 60.7 Å². The van der Waals surface area contributed by atoms with Gasteiger partial charge in [-0.15, -0.1) is 0 Å². The number of aromatic nitrogens is 2. The van der Waals surface area contributed by atoms with Crippen LogP contribution in [0.5, 0.6) is 0 Å². The van der Waals surface area contributed by atoms with Crippen molar-refractivity contribution in [3.8, 4) is 0 Å². The van der Waals surface area contributed by atoms with Gasteiger partial charge in [-0.25, -0.2) is 4.98 Å². The summed E-state index contributed by atoms with van der Waals surface area (Å²) in [4.78, 5) is 17.6. The van der Waals surface area contributed by atoms with Crippen LogP contribution in [-0.4, -0.2) is 15.3 Å². The highest BCUT2D eigenvalue weighted by Crippen LogP contribution is 2.31. The molecule has 4 nitrogen and oxygen atoms in total. The molecule has 29 heavy (non-hydrogen) atoms. The number of carbonyl (C=O) groups is 1. The summed E-state index contributed by atoms with van der Waals surface area (Å²) in [5, 5.41) is 3.16. The van der Waals surface area contributed by atoms with Crippen molar-refractivity contribution in [2.45, 2.75) is 32.2 Å². The van der Waals surface area contributed by atoms with E-state index in [-0.39, 0.29) is 17.9 Å². The molecule has 0 bridgehead atoms. The normalized spacial score (nSPS) is 13.2. The number of nitrogens with one attached hydrogen (secondary N) is 1. The molecule has 2 unspecified atom stereocenters. The molecule has 4 rings (SSSR count). The van der Waals surface area contributed by atoms with Gasteiger partial charge in [-0.3, -0.25) is 4.79 Å². The second-order valence-electron chi connectivity index (χ2n) is 7.43. The molecule has 2 aromatic carbocycles. The van der Waals surface area contributed by atoms with Crippen molar-refractivity contribution in [3.63, 3.8) is 0 Å². The fourth-order valence-corrected chi connectivity index (χ4v) is 3.87. The maximum Gasteiger partial charge on any atom is 0.221 e.